The molecule has 1 aliphatic carbocycles. The number of carbonyl (C=O) groups excluding carboxylic acids is 1. The number of hydrogen-bond donors (Lipinski definition) is 1. The van der Waals surface area contributed by atoms with Crippen molar-refractivity contribution in [3.05, 3.63) is 51.0 Å². The number of aryl methyl sites for hydroxylation is 1. The number of thiophene rings is 1. The Balaban J connectivity index is 1.61. The number of carbonyl (C=O) groups is 1. The molecule has 4 rings (SSSR count). The number of rotatable bonds is 4. The fourth-order valence-corrected chi connectivity index (χ4v) is 4.78. The zero-order valence-corrected chi connectivity index (χ0v) is 15.8. The summed E-state index contributed by atoms with van der Waals surface area (Å²) in [5, 5.41) is 19.4. The second kappa shape index (κ2) is 7.11. The minimum atomic E-state index is -0.475. The van der Waals surface area contributed by atoms with Gasteiger partial charge in [-0.1, -0.05) is 25.3 Å². The fraction of sp³-hybridized carbons (Fsp3) is 0.368. The van der Waals surface area contributed by atoms with Crippen LogP contribution in [0.4, 0.5) is 11.4 Å². The van der Waals surface area contributed by atoms with Crippen molar-refractivity contribution in [3.8, 4) is 0 Å². The van der Waals surface area contributed by atoms with Gasteiger partial charge in [0.2, 0.25) is 0 Å². The van der Waals surface area contributed by atoms with Gasteiger partial charge in [0.25, 0.3) is 11.6 Å². The molecule has 1 saturated carbocycles. The highest BCUT2D eigenvalue weighted by molar-refractivity contribution is 7.20. The number of hydrogen-bond acceptors (Lipinski definition) is 5. The second-order valence-electron chi connectivity index (χ2n) is 6.91. The van der Waals surface area contributed by atoms with E-state index < -0.39 is 4.92 Å². The maximum atomic E-state index is 12.7. The quantitative estimate of drug-likeness (QED) is 0.502. The Labute approximate surface area is 160 Å². The average molecular weight is 384 g/mol. The Morgan fingerprint density at radius 1 is 1.30 bits per heavy atom. The first kappa shape index (κ1) is 17.7. The average Bonchev–Trinajstić information content (AvgIpc) is 3.23. The van der Waals surface area contributed by atoms with Gasteiger partial charge in [0, 0.05) is 23.2 Å². The number of benzene rings is 1. The van der Waals surface area contributed by atoms with Crippen LogP contribution in [0.3, 0.4) is 0 Å². The van der Waals surface area contributed by atoms with E-state index in [2.05, 4.69) is 10.00 Å². The highest BCUT2D eigenvalue weighted by Crippen LogP contribution is 2.35. The van der Waals surface area contributed by atoms with Gasteiger partial charge in [0.1, 0.15) is 4.83 Å². The first-order valence-corrected chi connectivity index (χ1v) is 9.89. The highest BCUT2D eigenvalue weighted by atomic mass is 32.1. The van der Waals surface area contributed by atoms with E-state index in [1.165, 1.54) is 42.7 Å². The number of nitrogens with zero attached hydrogens (tertiary/aromatic N) is 3. The zero-order chi connectivity index (χ0) is 19.0. The molecule has 1 N–H and O–H groups in total. The van der Waals surface area contributed by atoms with E-state index in [0.717, 1.165) is 28.8 Å². The van der Waals surface area contributed by atoms with Gasteiger partial charge >= 0.3 is 0 Å². The number of anilines is 1. The largest absolute Gasteiger partial charge is 0.321 e. The topological polar surface area (TPSA) is 90.1 Å². The molecule has 0 bridgehead atoms. The van der Waals surface area contributed by atoms with Crippen LogP contribution in [0.1, 0.15) is 53.5 Å². The van der Waals surface area contributed by atoms with Crippen molar-refractivity contribution in [2.75, 3.05) is 5.32 Å². The van der Waals surface area contributed by atoms with E-state index in [9.17, 15) is 14.9 Å². The number of nitrogens with one attached hydrogen (secondary N) is 1. The van der Waals surface area contributed by atoms with E-state index >= 15 is 0 Å². The van der Waals surface area contributed by atoms with Crippen LogP contribution in [0.15, 0.2) is 30.3 Å². The normalized spacial score (nSPS) is 15.1. The van der Waals surface area contributed by atoms with Crippen LogP contribution in [0.2, 0.25) is 0 Å². The van der Waals surface area contributed by atoms with Crippen LogP contribution in [0.25, 0.3) is 10.2 Å². The zero-order valence-electron chi connectivity index (χ0n) is 15.0. The van der Waals surface area contributed by atoms with Crippen LogP contribution in [0.5, 0.6) is 0 Å². The van der Waals surface area contributed by atoms with E-state index in [-0.39, 0.29) is 11.6 Å². The predicted octanol–water partition coefficient (Wildman–Crippen LogP) is 5.07. The summed E-state index contributed by atoms with van der Waals surface area (Å²) >= 11 is 1.43. The van der Waals surface area contributed by atoms with Gasteiger partial charge in [0.05, 0.1) is 21.5 Å². The molecule has 140 valence electrons. The summed E-state index contributed by atoms with van der Waals surface area (Å²) in [5.41, 5.74) is 1.30. The lowest BCUT2D eigenvalue weighted by atomic mass is 9.96. The van der Waals surface area contributed by atoms with E-state index in [1.54, 1.807) is 12.1 Å². The molecule has 0 radical (unpaired) electrons. The molecule has 0 spiro atoms. The van der Waals surface area contributed by atoms with Crippen molar-refractivity contribution in [3.63, 3.8) is 0 Å². The standard InChI is InChI=1S/C19H20N4O3S/c1-12-16-11-17(18(24)20-13-6-5-9-15(10-13)23(25)26)27-19(16)22(21-12)14-7-3-2-4-8-14/h5-6,9-11,14H,2-4,7-8H2,1H3,(H,20,24). The molecule has 0 atom stereocenters. The second-order valence-corrected chi connectivity index (χ2v) is 7.94. The Kier molecular flexibility index (Phi) is 4.65. The number of non-ortho nitro benzene ring substituents is 1. The molecule has 1 amide bonds. The van der Waals surface area contributed by atoms with Crippen molar-refractivity contribution in [1.29, 1.82) is 0 Å². The summed E-state index contributed by atoms with van der Waals surface area (Å²) in [7, 11) is 0. The third-order valence-electron chi connectivity index (χ3n) is 5.03. The molecular formula is C19H20N4O3S. The summed E-state index contributed by atoms with van der Waals surface area (Å²) in [4.78, 5) is 24.7. The highest BCUT2D eigenvalue weighted by Gasteiger charge is 2.22. The molecule has 3 aromatic rings. The Bertz CT molecular complexity index is 1020. The van der Waals surface area contributed by atoms with Crippen LogP contribution < -0.4 is 5.32 Å². The molecule has 8 heteroatoms. The van der Waals surface area contributed by atoms with Crippen molar-refractivity contribution < 1.29 is 9.72 Å². The number of amides is 1. The van der Waals surface area contributed by atoms with Crippen molar-refractivity contribution >= 4 is 38.8 Å². The monoisotopic (exact) mass is 384 g/mol. The van der Waals surface area contributed by atoms with E-state index in [1.807, 2.05) is 13.0 Å². The molecule has 27 heavy (non-hydrogen) atoms. The summed E-state index contributed by atoms with van der Waals surface area (Å²) in [6.07, 6.45) is 5.97. The lowest BCUT2D eigenvalue weighted by Crippen LogP contribution is -2.14. The van der Waals surface area contributed by atoms with Gasteiger partial charge in [-0.15, -0.1) is 11.3 Å². The van der Waals surface area contributed by atoms with E-state index in [4.69, 9.17) is 5.10 Å². The summed E-state index contributed by atoms with van der Waals surface area (Å²) in [6.45, 7) is 1.97. The van der Waals surface area contributed by atoms with Gasteiger partial charge in [-0.3, -0.25) is 19.6 Å². The third-order valence-corrected chi connectivity index (χ3v) is 6.15. The molecule has 1 aromatic carbocycles. The number of fused-ring (bicyclic) bond motifs is 1. The first-order chi connectivity index (χ1) is 13.0. The molecule has 0 unspecified atom stereocenters. The molecule has 0 aliphatic heterocycles. The predicted molar refractivity (Wildman–Crippen MR) is 106 cm³/mol. The molecule has 7 nitrogen and oxygen atoms in total. The number of aromatic nitrogens is 2. The van der Waals surface area contributed by atoms with Gasteiger partial charge in [-0.25, -0.2) is 0 Å². The smallest absolute Gasteiger partial charge is 0.271 e. The lowest BCUT2D eigenvalue weighted by molar-refractivity contribution is -0.384. The van der Waals surface area contributed by atoms with Crippen LogP contribution in [-0.4, -0.2) is 20.6 Å². The summed E-state index contributed by atoms with van der Waals surface area (Å²) < 4.78 is 2.10. The Morgan fingerprint density at radius 2 is 2.07 bits per heavy atom. The minimum absolute atomic E-state index is 0.0482. The van der Waals surface area contributed by atoms with Gasteiger partial charge in [-0.2, -0.15) is 5.10 Å². The summed E-state index contributed by atoms with van der Waals surface area (Å²) in [6, 6.07) is 8.24. The number of nitro groups is 1. The van der Waals surface area contributed by atoms with Gasteiger partial charge in [-0.05, 0) is 31.9 Å². The van der Waals surface area contributed by atoms with Crippen molar-refractivity contribution in [2.45, 2.75) is 45.1 Å². The van der Waals surface area contributed by atoms with E-state index in [0.29, 0.717) is 16.6 Å². The molecular weight excluding hydrogens is 364 g/mol. The molecule has 2 heterocycles. The number of nitro benzene ring substituents is 1. The minimum Gasteiger partial charge on any atom is -0.321 e. The van der Waals surface area contributed by atoms with Gasteiger partial charge < -0.3 is 5.32 Å². The molecule has 2 aromatic heterocycles. The van der Waals surface area contributed by atoms with Crippen LogP contribution in [-0.2, 0) is 0 Å². The third kappa shape index (κ3) is 3.44. The molecule has 0 saturated heterocycles. The molecule has 1 aliphatic rings. The van der Waals surface area contributed by atoms with Gasteiger partial charge in [0.15, 0.2) is 0 Å². The van der Waals surface area contributed by atoms with Crippen molar-refractivity contribution in [2.24, 2.45) is 0 Å². The lowest BCUT2D eigenvalue weighted by Gasteiger charge is -2.22. The maximum Gasteiger partial charge on any atom is 0.271 e. The maximum absolute atomic E-state index is 12.7. The Morgan fingerprint density at radius 3 is 2.81 bits per heavy atom. The Hall–Kier alpha value is -2.74. The summed E-state index contributed by atoms with van der Waals surface area (Å²) in [5.74, 6) is -0.258. The fourth-order valence-electron chi connectivity index (χ4n) is 3.65. The van der Waals surface area contributed by atoms with Crippen molar-refractivity contribution in [1.82, 2.24) is 9.78 Å². The van der Waals surface area contributed by atoms with Crippen LogP contribution >= 0.6 is 11.3 Å². The SMILES string of the molecule is Cc1nn(C2CCCCC2)c2sc(C(=O)Nc3cccc([N+](=O)[O-])c3)cc12. The van der Waals surface area contributed by atoms with Crippen LogP contribution in [0, 0.1) is 17.0 Å². The molecule has 1 fully saturated rings. The first-order valence-electron chi connectivity index (χ1n) is 9.07.